The Kier molecular flexibility index (Phi) is 4.16. The highest BCUT2D eigenvalue weighted by molar-refractivity contribution is 6.06. The summed E-state index contributed by atoms with van der Waals surface area (Å²) in [6, 6.07) is 11.5. The molecule has 0 radical (unpaired) electrons. The topological polar surface area (TPSA) is 60.3 Å². The van der Waals surface area contributed by atoms with Crippen molar-refractivity contribution in [1.82, 2.24) is 14.8 Å². The zero-order valence-corrected chi connectivity index (χ0v) is 14.8. The van der Waals surface area contributed by atoms with Crippen molar-refractivity contribution in [3.05, 3.63) is 65.6 Å². The number of hydrogen-bond donors (Lipinski definition) is 0. The van der Waals surface area contributed by atoms with Gasteiger partial charge >= 0.3 is 0 Å². The molecule has 1 aliphatic heterocycles. The molecule has 1 aliphatic rings. The van der Waals surface area contributed by atoms with E-state index in [0.717, 1.165) is 29.1 Å². The molecule has 0 aliphatic carbocycles. The number of pyridine rings is 1. The zero-order chi connectivity index (χ0) is 18.1. The van der Waals surface area contributed by atoms with Gasteiger partial charge in [0.05, 0.1) is 24.1 Å². The highest BCUT2D eigenvalue weighted by atomic mass is 16.5. The SMILES string of the molecule is CCc1c(C(=O)N(C)c2ccc3c(c2)CCO3)cnn1-c1ccccn1. The Morgan fingerprint density at radius 1 is 1.31 bits per heavy atom. The lowest BCUT2D eigenvalue weighted by molar-refractivity contribution is 0.0992. The second kappa shape index (κ2) is 6.63. The third-order valence-corrected chi connectivity index (χ3v) is 4.67. The zero-order valence-electron chi connectivity index (χ0n) is 14.8. The van der Waals surface area contributed by atoms with Gasteiger partial charge in [0, 0.05) is 25.4 Å². The molecule has 1 amide bonds. The molecule has 3 aromatic rings. The van der Waals surface area contributed by atoms with Crippen molar-refractivity contribution in [2.24, 2.45) is 0 Å². The largest absolute Gasteiger partial charge is 0.493 e. The van der Waals surface area contributed by atoms with Crippen LogP contribution in [0.1, 0.15) is 28.5 Å². The number of anilines is 1. The Balaban J connectivity index is 1.67. The number of carbonyl (C=O) groups is 1. The van der Waals surface area contributed by atoms with E-state index in [4.69, 9.17) is 4.74 Å². The summed E-state index contributed by atoms with van der Waals surface area (Å²) in [5.41, 5.74) is 3.44. The van der Waals surface area contributed by atoms with Gasteiger partial charge in [-0.2, -0.15) is 5.10 Å². The Hall–Kier alpha value is -3.15. The maximum absolute atomic E-state index is 13.1. The lowest BCUT2D eigenvalue weighted by Crippen LogP contribution is -2.27. The third-order valence-electron chi connectivity index (χ3n) is 4.67. The first-order valence-electron chi connectivity index (χ1n) is 8.71. The molecule has 6 heteroatoms. The molecule has 132 valence electrons. The van der Waals surface area contributed by atoms with E-state index in [-0.39, 0.29) is 5.91 Å². The molecule has 3 heterocycles. The van der Waals surface area contributed by atoms with Crippen molar-refractivity contribution >= 4 is 11.6 Å². The fourth-order valence-electron chi connectivity index (χ4n) is 3.25. The molecule has 1 aromatic carbocycles. The first-order valence-corrected chi connectivity index (χ1v) is 8.71. The lowest BCUT2D eigenvalue weighted by atomic mass is 10.1. The van der Waals surface area contributed by atoms with Crippen LogP contribution < -0.4 is 9.64 Å². The maximum atomic E-state index is 13.1. The molecule has 0 unspecified atom stereocenters. The van der Waals surface area contributed by atoms with Gasteiger partial charge in [0.25, 0.3) is 5.91 Å². The molecule has 0 N–H and O–H groups in total. The number of rotatable bonds is 4. The molecular weight excluding hydrogens is 328 g/mol. The minimum atomic E-state index is -0.0807. The highest BCUT2D eigenvalue weighted by Crippen LogP contribution is 2.30. The van der Waals surface area contributed by atoms with Crippen LogP contribution in [0.25, 0.3) is 5.82 Å². The number of aromatic nitrogens is 3. The number of nitrogens with zero attached hydrogens (tertiary/aromatic N) is 4. The second-order valence-electron chi connectivity index (χ2n) is 6.21. The van der Waals surface area contributed by atoms with Crippen LogP contribution in [0.15, 0.2) is 48.8 Å². The van der Waals surface area contributed by atoms with Crippen LogP contribution in [0, 0.1) is 0 Å². The van der Waals surface area contributed by atoms with Gasteiger partial charge in [-0.1, -0.05) is 13.0 Å². The standard InChI is InChI=1S/C20H20N4O2/c1-3-17-16(13-22-24(17)19-6-4-5-10-21-19)20(25)23(2)15-7-8-18-14(12-15)9-11-26-18/h4-8,10,12-13H,3,9,11H2,1-2H3. The van der Waals surface area contributed by atoms with Crippen molar-refractivity contribution in [3.8, 4) is 11.6 Å². The smallest absolute Gasteiger partial charge is 0.261 e. The maximum Gasteiger partial charge on any atom is 0.261 e. The number of hydrogen-bond acceptors (Lipinski definition) is 4. The van der Waals surface area contributed by atoms with E-state index in [1.807, 2.05) is 43.3 Å². The molecule has 0 saturated carbocycles. The molecule has 0 fully saturated rings. The van der Waals surface area contributed by atoms with E-state index in [0.29, 0.717) is 24.4 Å². The van der Waals surface area contributed by atoms with Crippen molar-refractivity contribution < 1.29 is 9.53 Å². The van der Waals surface area contributed by atoms with Gasteiger partial charge in [-0.25, -0.2) is 9.67 Å². The first-order chi connectivity index (χ1) is 12.7. The number of ether oxygens (including phenoxy) is 1. The quantitative estimate of drug-likeness (QED) is 0.727. The minimum absolute atomic E-state index is 0.0807. The third kappa shape index (κ3) is 2.73. The van der Waals surface area contributed by atoms with Crippen LogP contribution in [0.3, 0.4) is 0 Å². The van der Waals surface area contributed by atoms with Gasteiger partial charge in [0.15, 0.2) is 5.82 Å². The van der Waals surface area contributed by atoms with E-state index in [1.54, 1.807) is 29.0 Å². The molecule has 0 atom stereocenters. The van der Waals surface area contributed by atoms with Crippen LogP contribution in [0.5, 0.6) is 5.75 Å². The van der Waals surface area contributed by atoms with Crippen molar-refractivity contribution in [2.45, 2.75) is 19.8 Å². The van der Waals surface area contributed by atoms with Crippen LogP contribution in [0.2, 0.25) is 0 Å². The van der Waals surface area contributed by atoms with Crippen LogP contribution in [0.4, 0.5) is 5.69 Å². The van der Waals surface area contributed by atoms with Gasteiger partial charge in [0.2, 0.25) is 0 Å². The summed E-state index contributed by atoms with van der Waals surface area (Å²) in [5, 5.41) is 4.40. The van der Waals surface area contributed by atoms with Gasteiger partial charge in [-0.15, -0.1) is 0 Å². The van der Waals surface area contributed by atoms with Crippen LogP contribution in [-0.4, -0.2) is 34.3 Å². The average molecular weight is 348 g/mol. The minimum Gasteiger partial charge on any atom is -0.493 e. The molecule has 0 bridgehead atoms. The van der Waals surface area contributed by atoms with E-state index in [9.17, 15) is 4.79 Å². The molecule has 26 heavy (non-hydrogen) atoms. The number of benzene rings is 1. The summed E-state index contributed by atoms with van der Waals surface area (Å²) < 4.78 is 7.28. The Labute approximate surface area is 152 Å². The summed E-state index contributed by atoms with van der Waals surface area (Å²) in [4.78, 5) is 19.1. The molecule has 2 aromatic heterocycles. The van der Waals surface area contributed by atoms with Crippen molar-refractivity contribution in [2.75, 3.05) is 18.6 Å². The molecule has 4 rings (SSSR count). The predicted octanol–water partition coefficient (Wildman–Crippen LogP) is 3.04. The monoisotopic (exact) mass is 348 g/mol. The van der Waals surface area contributed by atoms with E-state index >= 15 is 0 Å². The Morgan fingerprint density at radius 3 is 2.96 bits per heavy atom. The average Bonchev–Trinajstić information content (AvgIpc) is 3.33. The molecular formula is C20H20N4O2. The lowest BCUT2D eigenvalue weighted by Gasteiger charge is -2.18. The van der Waals surface area contributed by atoms with Crippen molar-refractivity contribution in [1.29, 1.82) is 0 Å². The Bertz CT molecular complexity index is 950. The molecule has 6 nitrogen and oxygen atoms in total. The summed E-state index contributed by atoms with van der Waals surface area (Å²) in [6.45, 7) is 2.72. The number of amides is 1. The summed E-state index contributed by atoms with van der Waals surface area (Å²) >= 11 is 0. The van der Waals surface area contributed by atoms with E-state index < -0.39 is 0 Å². The summed E-state index contributed by atoms with van der Waals surface area (Å²) in [6.07, 6.45) is 4.91. The fourth-order valence-corrected chi connectivity index (χ4v) is 3.25. The van der Waals surface area contributed by atoms with Gasteiger partial charge in [-0.05, 0) is 42.3 Å². The second-order valence-corrected chi connectivity index (χ2v) is 6.21. The fraction of sp³-hybridized carbons (Fsp3) is 0.250. The Morgan fingerprint density at radius 2 is 2.19 bits per heavy atom. The van der Waals surface area contributed by atoms with Gasteiger partial charge in [0.1, 0.15) is 5.75 Å². The summed E-state index contributed by atoms with van der Waals surface area (Å²) in [7, 11) is 1.79. The van der Waals surface area contributed by atoms with Crippen LogP contribution >= 0.6 is 0 Å². The predicted molar refractivity (Wildman–Crippen MR) is 99.1 cm³/mol. The van der Waals surface area contributed by atoms with E-state index in [1.165, 1.54) is 0 Å². The van der Waals surface area contributed by atoms with Crippen molar-refractivity contribution in [3.63, 3.8) is 0 Å². The van der Waals surface area contributed by atoms with E-state index in [2.05, 4.69) is 10.1 Å². The molecule has 0 saturated heterocycles. The van der Waals surface area contributed by atoms with Gasteiger partial charge < -0.3 is 9.64 Å². The van der Waals surface area contributed by atoms with Gasteiger partial charge in [-0.3, -0.25) is 4.79 Å². The number of fused-ring (bicyclic) bond motifs is 1. The molecule has 0 spiro atoms. The highest BCUT2D eigenvalue weighted by Gasteiger charge is 2.23. The van der Waals surface area contributed by atoms with Crippen LogP contribution in [-0.2, 0) is 12.8 Å². The summed E-state index contributed by atoms with van der Waals surface area (Å²) in [5.74, 6) is 1.54. The number of carbonyl (C=O) groups excluding carboxylic acids is 1. The first kappa shape index (κ1) is 16.3. The normalized spacial score (nSPS) is 12.5.